The molecule has 0 atom stereocenters. The summed E-state index contributed by atoms with van der Waals surface area (Å²) in [6.45, 7) is 6.75. The van der Waals surface area contributed by atoms with Gasteiger partial charge < -0.3 is 15.5 Å². The number of hydrogen-bond acceptors (Lipinski definition) is 6. The Kier molecular flexibility index (Phi) is 6.33. The third kappa shape index (κ3) is 5.48. The summed E-state index contributed by atoms with van der Waals surface area (Å²) in [6.07, 6.45) is 0. The smallest absolute Gasteiger partial charge is 0.239 e. The number of nitrogens with one attached hydrogen (secondary N) is 2. The highest BCUT2D eigenvalue weighted by Gasteiger charge is 2.23. The van der Waals surface area contributed by atoms with Crippen molar-refractivity contribution in [3.8, 4) is 11.3 Å². The summed E-state index contributed by atoms with van der Waals surface area (Å²) in [6, 6.07) is 16.1. The highest BCUT2D eigenvalue weighted by atomic mass is 32.1. The van der Waals surface area contributed by atoms with Crippen molar-refractivity contribution in [2.24, 2.45) is 0 Å². The minimum absolute atomic E-state index is 0.144. The van der Waals surface area contributed by atoms with E-state index in [9.17, 15) is 9.18 Å². The van der Waals surface area contributed by atoms with Crippen LogP contribution in [0.3, 0.4) is 0 Å². The van der Waals surface area contributed by atoms with Crippen LogP contribution >= 0.6 is 11.3 Å². The first kappa shape index (κ1) is 22.7. The minimum atomic E-state index is -0.297. The Morgan fingerprint density at radius 2 is 1.82 bits per heavy atom. The Bertz CT molecular complexity index is 1240. The second-order valence-corrected chi connectivity index (χ2v) is 9.82. The van der Waals surface area contributed by atoms with Gasteiger partial charge in [0.2, 0.25) is 16.0 Å². The molecule has 0 unspecified atom stereocenters. The van der Waals surface area contributed by atoms with E-state index in [4.69, 9.17) is 10.1 Å². The van der Waals surface area contributed by atoms with Crippen LogP contribution in [0.1, 0.15) is 26.3 Å². The van der Waals surface area contributed by atoms with Crippen LogP contribution in [0, 0.1) is 5.82 Å². The van der Waals surface area contributed by atoms with E-state index in [0.29, 0.717) is 11.7 Å². The fraction of sp³-hybridized carbons (Fsp3) is 0.292. The maximum atomic E-state index is 13.0. The van der Waals surface area contributed by atoms with Gasteiger partial charge in [0, 0.05) is 24.7 Å². The van der Waals surface area contributed by atoms with Crippen LogP contribution in [0.2, 0.25) is 0 Å². The molecule has 7 nitrogen and oxygen atoms in total. The van der Waals surface area contributed by atoms with Crippen LogP contribution in [0.25, 0.3) is 16.2 Å². The molecule has 0 aliphatic carbocycles. The average molecular weight is 467 g/mol. The van der Waals surface area contributed by atoms with Gasteiger partial charge in [-0.2, -0.15) is 4.52 Å². The highest BCUT2D eigenvalue weighted by Crippen LogP contribution is 2.34. The fourth-order valence-corrected chi connectivity index (χ4v) is 4.16. The van der Waals surface area contributed by atoms with E-state index in [2.05, 4.69) is 31.4 Å². The molecule has 9 heteroatoms. The van der Waals surface area contributed by atoms with Crippen molar-refractivity contribution in [3.63, 3.8) is 0 Å². The van der Waals surface area contributed by atoms with E-state index in [1.54, 1.807) is 21.5 Å². The number of carbonyl (C=O) groups excluding carboxylic acids is 1. The van der Waals surface area contributed by atoms with Crippen molar-refractivity contribution in [3.05, 3.63) is 66.0 Å². The maximum absolute atomic E-state index is 13.0. The van der Waals surface area contributed by atoms with Crippen LogP contribution in [-0.2, 0) is 11.3 Å². The molecule has 0 saturated carbocycles. The fourth-order valence-electron chi connectivity index (χ4n) is 3.30. The quantitative estimate of drug-likeness (QED) is 0.418. The van der Waals surface area contributed by atoms with Gasteiger partial charge in [-0.3, -0.25) is 4.79 Å². The second-order valence-electron chi connectivity index (χ2n) is 8.89. The number of nitrogens with zero attached hydrogens (tertiary/aromatic N) is 4. The number of halogens is 1. The number of hydrogen-bond donors (Lipinski definition) is 2. The molecule has 0 radical (unpaired) electrons. The molecule has 2 N–H and O–H groups in total. The molecule has 0 fully saturated rings. The molecule has 0 spiro atoms. The van der Waals surface area contributed by atoms with E-state index in [1.165, 1.54) is 23.5 Å². The van der Waals surface area contributed by atoms with Crippen molar-refractivity contribution in [1.82, 2.24) is 19.9 Å². The predicted molar refractivity (Wildman–Crippen MR) is 131 cm³/mol. The lowest BCUT2D eigenvalue weighted by Crippen LogP contribution is -2.34. The molecule has 0 aliphatic rings. The predicted octanol–water partition coefficient (Wildman–Crippen LogP) is 4.56. The van der Waals surface area contributed by atoms with Gasteiger partial charge in [-0.25, -0.2) is 9.37 Å². The van der Waals surface area contributed by atoms with Crippen LogP contribution < -0.4 is 15.5 Å². The Morgan fingerprint density at radius 1 is 1.12 bits per heavy atom. The molecule has 33 heavy (non-hydrogen) atoms. The second kappa shape index (κ2) is 9.19. The van der Waals surface area contributed by atoms with E-state index < -0.39 is 0 Å². The van der Waals surface area contributed by atoms with Gasteiger partial charge in [-0.15, -0.1) is 5.10 Å². The number of amides is 1. The standard InChI is InChI=1S/C24H27FN6OS/c1-24(2,3)28-21-20(17-8-6-5-7-9-17)27-22-31(21)29-23(33-22)30(4)15-19(32)26-14-16-10-12-18(25)13-11-16/h5-13,28H,14-15H2,1-4H3,(H,26,32). The Hall–Kier alpha value is -3.46. The van der Waals surface area contributed by atoms with Gasteiger partial charge in [-0.1, -0.05) is 53.8 Å². The highest BCUT2D eigenvalue weighted by molar-refractivity contribution is 7.20. The zero-order valence-electron chi connectivity index (χ0n) is 19.1. The number of rotatable bonds is 7. The Labute approximate surface area is 196 Å². The zero-order valence-corrected chi connectivity index (χ0v) is 19.9. The maximum Gasteiger partial charge on any atom is 0.239 e. The van der Waals surface area contributed by atoms with E-state index in [0.717, 1.165) is 27.6 Å². The van der Waals surface area contributed by atoms with Crippen LogP contribution in [0.4, 0.5) is 15.3 Å². The lowest BCUT2D eigenvalue weighted by molar-refractivity contribution is -0.119. The zero-order chi connectivity index (χ0) is 23.6. The summed E-state index contributed by atoms with van der Waals surface area (Å²) in [5, 5.41) is 11.8. The summed E-state index contributed by atoms with van der Waals surface area (Å²) in [5.74, 6) is 0.377. The SMILES string of the molecule is CN(CC(=O)NCc1ccc(F)cc1)c1nn2c(NC(C)(C)C)c(-c3ccccc3)nc2s1. The first-order valence-electron chi connectivity index (χ1n) is 10.6. The summed E-state index contributed by atoms with van der Waals surface area (Å²) in [7, 11) is 1.82. The molecule has 172 valence electrons. The average Bonchev–Trinajstić information content (AvgIpc) is 3.32. The van der Waals surface area contributed by atoms with Crippen molar-refractivity contribution < 1.29 is 9.18 Å². The summed E-state index contributed by atoms with van der Waals surface area (Å²) >= 11 is 1.42. The third-order valence-electron chi connectivity index (χ3n) is 4.84. The molecule has 1 amide bonds. The molecular formula is C24H27FN6OS. The summed E-state index contributed by atoms with van der Waals surface area (Å²) < 4.78 is 14.8. The summed E-state index contributed by atoms with van der Waals surface area (Å²) in [5.41, 5.74) is 2.51. The number of anilines is 2. The van der Waals surface area contributed by atoms with E-state index in [-0.39, 0.29) is 23.8 Å². The van der Waals surface area contributed by atoms with Gasteiger partial charge in [0.1, 0.15) is 11.5 Å². The molecule has 2 aromatic carbocycles. The largest absolute Gasteiger partial charge is 0.364 e. The van der Waals surface area contributed by atoms with E-state index >= 15 is 0 Å². The number of likely N-dealkylation sites (N-methyl/N-ethyl adjacent to an activating group) is 1. The number of carbonyl (C=O) groups is 1. The minimum Gasteiger partial charge on any atom is -0.364 e. The van der Waals surface area contributed by atoms with Gasteiger partial charge in [0.15, 0.2) is 5.82 Å². The normalized spacial score (nSPS) is 11.5. The van der Waals surface area contributed by atoms with Crippen LogP contribution in [0.5, 0.6) is 0 Å². The van der Waals surface area contributed by atoms with Crippen molar-refractivity contribution >= 4 is 33.2 Å². The molecule has 0 bridgehead atoms. The first-order valence-corrected chi connectivity index (χ1v) is 11.5. The number of aromatic nitrogens is 3. The molecule has 2 heterocycles. The lowest BCUT2D eigenvalue weighted by atomic mass is 10.1. The Morgan fingerprint density at radius 3 is 2.48 bits per heavy atom. The van der Waals surface area contributed by atoms with E-state index in [1.807, 2.05) is 37.4 Å². The van der Waals surface area contributed by atoms with Gasteiger partial charge >= 0.3 is 0 Å². The third-order valence-corrected chi connectivity index (χ3v) is 5.87. The number of benzene rings is 2. The lowest BCUT2D eigenvalue weighted by Gasteiger charge is -2.22. The molecule has 0 aliphatic heterocycles. The molecule has 2 aromatic heterocycles. The molecule has 4 rings (SSSR count). The van der Waals surface area contributed by atoms with Crippen molar-refractivity contribution in [2.75, 3.05) is 23.8 Å². The van der Waals surface area contributed by atoms with Crippen molar-refractivity contribution in [1.29, 1.82) is 0 Å². The summed E-state index contributed by atoms with van der Waals surface area (Å²) in [4.78, 5) is 19.8. The van der Waals surface area contributed by atoms with Gasteiger partial charge in [-0.05, 0) is 38.5 Å². The topological polar surface area (TPSA) is 74.6 Å². The first-order chi connectivity index (χ1) is 15.7. The molecule has 0 saturated heterocycles. The molecular weight excluding hydrogens is 439 g/mol. The van der Waals surface area contributed by atoms with Gasteiger partial charge in [0.25, 0.3) is 0 Å². The van der Waals surface area contributed by atoms with Crippen LogP contribution in [-0.4, -0.2) is 39.6 Å². The monoisotopic (exact) mass is 466 g/mol. The van der Waals surface area contributed by atoms with Crippen LogP contribution in [0.15, 0.2) is 54.6 Å². The molecule has 4 aromatic rings. The Balaban J connectivity index is 1.52. The number of imidazole rings is 1. The number of fused-ring (bicyclic) bond motifs is 1. The van der Waals surface area contributed by atoms with Gasteiger partial charge in [0.05, 0.1) is 6.54 Å². The van der Waals surface area contributed by atoms with Crippen molar-refractivity contribution in [2.45, 2.75) is 32.9 Å².